The van der Waals surface area contributed by atoms with Crippen LogP contribution in [0.1, 0.15) is 17.4 Å². The van der Waals surface area contributed by atoms with Gasteiger partial charge < -0.3 is 18.9 Å². The van der Waals surface area contributed by atoms with Crippen LogP contribution in [0.3, 0.4) is 0 Å². The predicted molar refractivity (Wildman–Crippen MR) is 88.2 cm³/mol. The lowest BCUT2D eigenvalue weighted by molar-refractivity contribution is -0.106. The second-order valence-corrected chi connectivity index (χ2v) is 5.46. The van der Waals surface area contributed by atoms with Crippen molar-refractivity contribution in [2.75, 3.05) is 21.3 Å². The van der Waals surface area contributed by atoms with Gasteiger partial charge in [0, 0.05) is 24.3 Å². The fourth-order valence-corrected chi connectivity index (χ4v) is 2.60. The highest BCUT2D eigenvalue weighted by molar-refractivity contribution is 9.10. The Kier molecular flexibility index (Phi) is 6.24. The summed E-state index contributed by atoms with van der Waals surface area (Å²) >= 11 is 3.52. The van der Waals surface area contributed by atoms with Crippen LogP contribution < -0.4 is 9.47 Å². The second kappa shape index (κ2) is 8.17. The Morgan fingerprint density at radius 3 is 2.23 bits per heavy atom. The molecule has 0 bridgehead atoms. The van der Waals surface area contributed by atoms with Gasteiger partial charge in [-0.15, -0.1) is 0 Å². The molecule has 0 aliphatic heterocycles. The van der Waals surface area contributed by atoms with Crippen LogP contribution in [-0.2, 0) is 16.1 Å². The Labute approximate surface area is 139 Å². The summed E-state index contributed by atoms with van der Waals surface area (Å²) in [6.45, 7) is 0.473. The van der Waals surface area contributed by atoms with Crippen molar-refractivity contribution in [2.24, 2.45) is 0 Å². The topological polar surface area (TPSA) is 36.9 Å². The van der Waals surface area contributed by atoms with Crippen molar-refractivity contribution in [2.45, 2.75) is 12.9 Å². The molecule has 2 aromatic carbocycles. The van der Waals surface area contributed by atoms with Crippen LogP contribution in [0.2, 0.25) is 0 Å². The summed E-state index contributed by atoms with van der Waals surface area (Å²) in [7, 11) is 4.79. The van der Waals surface area contributed by atoms with E-state index < -0.39 is 6.29 Å². The van der Waals surface area contributed by atoms with Crippen molar-refractivity contribution in [1.82, 2.24) is 0 Å². The molecule has 0 saturated heterocycles. The third-order valence-corrected chi connectivity index (χ3v) is 3.89. The fraction of sp³-hybridized carbons (Fsp3) is 0.294. The quantitative estimate of drug-likeness (QED) is 0.683. The van der Waals surface area contributed by atoms with Crippen molar-refractivity contribution in [3.63, 3.8) is 0 Å². The van der Waals surface area contributed by atoms with Gasteiger partial charge >= 0.3 is 0 Å². The third kappa shape index (κ3) is 4.00. The van der Waals surface area contributed by atoms with Crippen molar-refractivity contribution in [1.29, 1.82) is 0 Å². The largest absolute Gasteiger partial charge is 0.493 e. The number of hydrogen-bond acceptors (Lipinski definition) is 4. The highest BCUT2D eigenvalue weighted by atomic mass is 79.9. The zero-order valence-electron chi connectivity index (χ0n) is 12.8. The van der Waals surface area contributed by atoms with Gasteiger partial charge in [0.1, 0.15) is 6.61 Å². The molecule has 0 unspecified atom stereocenters. The molecular weight excluding hydrogens is 348 g/mol. The minimum atomic E-state index is -0.466. The number of rotatable bonds is 7. The van der Waals surface area contributed by atoms with Crippen LogP contribution in [0.15, 0.2) is 46.9 Å². The maximum atomic E-state index is 5.86. The van der Waals surface area contributed by atoms with Crippen molar-refractivity contribution >= 4 is 15.9 Å². The van der Waals surface area contributed by atoms with E-state index in [1.54, 1.807) is 21.3 Å². The highest BCUT2D eigenvalue weighted by Crippen LogP contribution is 2.37. The number of halogens is 1. The Bertz CT molecular complexity index is 597. The number of benzene rings is 2. The van der Waals surface area contributed by atoms with Gasteiger partial charge in [-0.2, -0.15) is 0 Å². The van der Waals surface area contributed by atoms with E-state index in [9.17, 15) is 0 Å². The van der Waals surface area contributed by atoms with Crippen molar-refractivity contribution < 1.29 is 18.9 Å². The van der Waals surface area contributed by atoms with Crippen molar-refractivity contribution in [3.8, 4) is 11.5 Å². The van der Waals surface area contributed by atoms with E-state index >= 15 is 0 Å². The average molecular weight is 367 g/mol. The van der Waals surface area contributed by atoms with E-state index in [2.05, 4.69) is 15.9 Å². The van der Waals surface area contributed by atoms with Crippen molar-refractivity contribution in [3.05, 3.63) is 58.1 Å². The molecule has 0 heterocycles. The first-order valence-electron chi connectivity index (χ1n) is 6.79. The minimum absolute atomic E-state index is 0.466. The van der Waals surface area contributed by atoms with Gasteiger partial charge in [-0.25, -0.2) is 0 Å². The fourth-order valence-electron chi connectivity index (χ4n) is 2.09. The Morgan fingerprint density at radius 2 is 1.64 bits per heavy atom. The Balaban J connectivity index is 2.23. The standard InChI is InChI=1S/C17H19BrO4/c1-19-15-9-13(17(20-2)21-3)14(18)10-16(15)22-11-12-7-5-4-6-8-12/h4-10,17H,11H2,1-3H3. The first-order valence-corrected chi connectivity index (χ1v) is 7.58. The maximum absolute atomic E-state index is 5.86. The molecule has 0 fully saturated rings. The first-order chi connectivity index (χ1) is 10.7. The van der Waals surface area contributed by atoms with E-state index in [-0.39, 0.29) is 0 Å². The molecule has 0 saturated carbocycles. The van der Waals surface area contributed by atoms with Crippen LogP contribution >= 0.6 is 15.9 Å². The van der Waals surface area contributed by atoms with Crippen LogP contribution in [0.5, 0.6) is 11.5 Å². The summed E-state index contributed by atoms with van der Waals surface area (Å²) in [6, 6.07) is 13.7. The molecule has 22 heavy (non-hydrogen) atoms. The highest BCUT2D eigenvalue weighted by Gasteiger charge is 2.17. The van der Waals surface area contributed by atoms with Gasteiger partial charge in [0.25, 0.3) is 0 Å². The average Bonchev–Trinajstić information content (AvgIpc) is 2.56. The summed E-state index contributed by atoms with van der Waals surface area (Å²) in [5.41, 5.74) is 1.94. The van der Waals surface area contributed by atoms with Gasteiger partial charge in [-0.05, 0) is 17.7 Å². The molecule has 0 radical (unpaired) electrons. The maximum Gasteiger partial charge on any atom is 0.184 e. The summed E-state index contributed by atoms with van der Waals surface area (Å²) < 4.78 is 22.7. The first kappa shape index (κ1) is 16.8. The van der Waals surface area contributed by atoms with E-state index in [1.807, 2.05) is 42.5 Å². The smallest absolute Gasteiger partial charge is 0.184 e. The zero-order chi connectivity index (χ0) is 15.9. The molecule has 0 N–H and O–H groups in total. The van der Waals surface area contributed by atoms with Gasteiger partial charge in [0.2, 0.25) is 0 Å². The van der Waals surface area contributed by atoms with E-state index in [1.165, 1.54) is 0 Å². The monoisotopic (exact) mass is 366 g/mol. The molecule has 118 valence electrons. The minimum Gasteiger partial charge on any atom is -0.493 e. The van der Waals surface area contributed by atoms with Gasteiger partial charge in [-0.1, -0.05) is 46.3 Å². The zero-order valence-corrected chi connectivity index (χ0v) is 14.4. The SMILES string of the molecule is COc1cc(C(OC)OC)c(Br)cc1OCc1ccccc1. The Hall–Kier alpha value is -1.56. The molecule has 0 atom stereocenters. The summed E-state index contributed by atoms with van der Waals surface area (Å²) in [6.07, 6.45) is -0.466. The van der Waals surface area contributed by atoms with Crippen LogP contribution in [0.4, 0.5) is 0 Å². The van der Waals surface area contributed by atoms with Crippen LogP contribution in [0.25, 0.3) is 0 Å². The molecule has 0 aromatic heterocycles. The summed E-state index contributed by atoms with van der Waals surface area (Å²) in [5.74, 6) is 1.29. The second-order valence-electron chi connectivity index (χ2n) is 4.60. The molecule has 0 amide bonds. The van der Waals surface area contributed by atoms with Gasteiger partial charge in [-0.3, -0.25) is 0 Å². The van der Waals surface area contributed by atoms with Gasteiger partial charge in [0.05, 0.1) is 7.11 Å². The van der Waals surface area contributed by atoms with Crippen LogP contribution in [0, 0.1) is 0 Å². The molecule has 4 nitrogen and oxygen atoms in total. The van der Waals surface area contributed by atoms with E-state index in [0.29, 0.717) is 18.1 Å². The third-order valence-electron chi connectivity index (χ3n) is 3.20. The molecular formula is C17H19BrO4. The summed E-state index contributed by atoms with van der Waals surface area (Å²) in [4.78, 5) is 0. The number of methoxy groups -OCH3 is 3. The Morgan fingerprint density at radius 1 is 0.955 bits per heavy atom. The van der Waals surface area contributed by atoms with E-state index in [0.717, 1.165) is 15.6 Å². The molecule has 0 aliphatic carbocycles. The lowest BCUT2D eigenvalue weighted by Crippen LogP contribution is -2.06. The molecule has 2 rings (SSSR count). The lowest BCUT2D eigenvalue weighted by atomic mass is 10.2. The normalized spacial score (nSPS) is 10.8. The van der Waals surface area contributed by atoms with Gasteiger partial charge in [0.15, 0.2) is 17.8 Å². The predicted octanol–water partition coefficient (Wildman–Crippen LogP) is 4.33. The number of ether oxygens (including phenoxy) is 4. The number of hydrogen-bond donors (Lipinski definition) is 0. The van der Waals surface area contributed by atoms with Crippen LogP contribution in [-0.4, -0.2) is 21.3 Å². The lowest BCUT2D eigenvalue weighted by Gasteiger charge is -2.18. The molecule has 2 aromatic rings. The molecule has 5 heteroatoms. The summed E-state index contributed by atoms with van der Waals surface area (Å²) in [5, 5.41) is 0. The van der Waals surface area contributed by atoms with E-state index in [4.69, 9.17) is 18.9 Å². The molecule has 0 spiro atoms. The molecule has 0 aliphatic rings.